The molecule has 154 valence electrons. The first-order valence-electron chi connectivity index (χ1n) is 9.44. The molecule has 2 aliphatic heterocycles. The molecule has 1 aromatic rings. The number of benzene rings is 1. The van der Waals surface area contributed by atoms with Gasteiger partial charge in [0.05, 0.1) is 12.2 Å². The van der Waals surface area contributed by atoms with Gasteiger partial charge in [0.1, 0.15) is 18.0 Å². The third-order valence-corrected chi connectivity index (χ3v) is 4.96. The van der Waals surface area contributed by atoms with E-state index in [2.05, 4.69) is 0 Å². The molecule has 2 amide bonds. The highest BCUT2D eigenvalue weighted by Crippen LogP contribution is 2.40. The Kier molecular flexibility index (Phi) is 5.50. The van der Waals surface area contributed by atoms with Gasteiger partial charge in [-0.05, 0) is 63.3 Å². The lowest BCUT2D eigenvalue weighted by molar-refractivity contribution is -0.129. The van der Waals surface area contributed by atoms with Crippen LogP contribution < -0.4 is 9.64 Å². The van der Waals surface area contributed by atoms with E-state index in [0.717, 1.165) is 21.6 Å². The molecule has 3 rings (SSSR count). The molecule has 0 aromatic heterocycles. The number of rotatable bonds is 1. The topological polar surface area (TPSA) is 59.1 Å². The molecular formula is C20H26F2N2O4. The maximum atomic E-state index is 13.0. The van der Waals surface area contributed by atoms with Crippen molar-refractivity contribution in [3.8, 4) is 5.75 Å². The molecule has 0 saturated heterocycles. The van der Waals surface area contributed by atoms with Gasteiger partial charge in [-0.2, -0.15) is 8.78 Å². The number of amides is 2. The molecule has 2 aliphatic rings. The monoisotopic (exact) mass is 396 g/mol. The van der Waals surface area contributed by atoms with Crippen LogP contribution in [0.2, 0.25) is 0 Å². The van der Waals surface area contributed by atoms with Gasteiger partial charge in [0, 0.05) is 13.1 Å². The molecule has 2 heterocycles. The summed E-state index contributed by atoms with van der Waals surface area (Å²) >= 11 is 0. The van der Waals surface area contributed by atoms with Crippen molar-refractivity contribution in [1.29, 1.82) is 0 Å². The lowest BCUT2D eigenvalue weighted by Crippen LogP contribution is -2.42. The minimum absolute atomic E-state index is 0.0971. The Morgan fingerprint density at radius 2 is 1.86 bits per heavy atom. The SMILES string of the molecule is Cc1c2c(cc3c1N(C(=O)C(F)F)CCO3)CCN(C(=O)OC(C)(C)C)CC2. The smallest absolute Gasteiger partial charge is 0.410 e. The third kappa shape index (κ3) is 4.05. The summed E-state index contributed by atoms with van der Waals surface area (Å²) in [6, 6.07) is 1.82. The predicted molar refractivity (Wildman–Crippen MR) is 100 cm³/mol. The molecule has 0 N–H and O–H groups in total. The Labute approximate surface area is 163 Å². The second-order valence-electron chi connectivity index (χ2n) is 8.09. The third-order valence-electron chi connectivity index (χ3n) is 4.96. The van der Waals surface area contributed by atoms with E-state index < -0.39 is 17.9 Å². The number of anilines is 1. The highest BCUT2D eigenvalue weighted by atomic mass is 19.3. The van der Waals surface area contributed by atoms with Gasteiger partial charge in [-0.3, -0.25) is 4.79 Å². The highest BCUT2D eigenvalue weighted by molar-refractivity contribution is 5.98. The summed E-state index contributed by atoms with van der Waals surface area (Å²) in [4.78, 5) is 27.2. The number of carbonyl (C=O) groups is 2. The van der Waals surface area contributed by atoms with E-state index in [1.807, 2.05) is 33.8 Å². The van der Waals surface area contributed by atoms with Crippen molar-refractivity contribution < 1.29 is 27.8 Å². The summed E-state index contributed by atoms with van der Waals surface area (Å²) in [6.07, 6.45) is -2.26. The number of fused-ring (bicyclic) bond motifs is 2. The number of nitrogens with zero attached hydrogens (tertiary/aromatic N) is 2. The van der Waals surface area contributed by atoms with Crippen molar-refractivity contribution in [3.05, 3.63) is 22.8 Å². The van der Waals surface area contributed by atoms with Gasteiger partial charge in [0.15, 0.2) is 0 Å². The number of carbonyl (C=O) groups excluding carboxylic acids is 2. The summed E-state index contributed by atoms with van der Waals surface area (Å²) < 4.78 is 37.2. The van der Waals surface area contributed by atoms with E-state index >= 15 is 0 Å². The Hall–Kier alpha value is -2.38. The number of halogens is 2. The van der Waals surface area contributed by atoms with Crippen LogP contribution in [-0.4, -0.2) is 55.2 Å². The zero-order chi connectivity index (χ0) is 20.6. The Balaban J connectivity index is 1.89. The average molecular weight is 396 g/mol. The molecule has 0 aliphatic carbocycles. The number of hydrogen-bond acceptors (Lipinski definition) is 4. The summed E-state index contributed by atoms with van der Waals surface area (Å²) in [6.45, 7) is 8.52. The van der Waals surface area contributed by atoms with Gasteiger partial charge < -0.3 is 19.3 Å². The highest BCUT2D eigenvalue weighted by Gasteiger charge is 2.33. The van der Waals surface area contributed by atoms with Crippen molar-refractivity contribution in [2.45, 2.75) is 52.6 Å². The lowest BCUT2D eigenvalue weighted by Gasteiger charge is -2.32. The van der Waals surface area contributed by atoms with Crippen molar-refractivity contribution in [3.63, 3.8) is 0 Å². The molecule has 1 aromatic carbocycles. The maximum Gasteiger partial charge on any atom is 0.410 e. The summed E-state index contributed by atoms with van der Waals surface area (Å²) in [5.74, 6) is -0.765. The molecule has 0 atom stereocenters. The molecule has 0 spiro atoms. The first-order chi connectivity index (χ1) is 13.1. The number of ether oxygens (including phenoxy) is 2. The van der Waals surface area contributed by atoms with Crippen molar-refractivity contribution in [2.75, 3.05) is 31.1 Å². The van der Waals surface area contributed by atoms with Crippen LogP contribution in [0.3, 0.4) is 0 Å². The fourth-order valence-corrected chi connectivity index (χ4v) is 3.72. The van der Waals surface area contributed by atoms with Gasteiger partial charge in [-0.25, -0.2) is 4.79 Å². The lowest BCUT2D eigenvalue weighted by atomic mass is 9.94. The van der Waals surface area contributed by atoms with E-state index in [9.17, 15) is 18.4 Å². The van der Waals surface area contributed by atoms with Crippen LogP contribution in [0, 0.1) is 6.92 Å². The number of alkyl halides is 2. The molecule has 28 heavy (non-hydrogen) atoms. The minimum Gasteiger partial charge on any atom is -0.490 e. The molecule has 0 unspecified atom stereocenters. The van der Waals surface area contributed by atoms with E-state index in [4.69, 9.17) is 9.47 Å². The van der Waals surface area contributed by atoms with Crippen LogP contribution in [0.15, 0.2) is 6.07 Å². The summed E-state index contributed by atoms with van der Waals surface area (Å²) in [7, 11) is 0. The molecule has 0 radical (unpaired) electrons. The van der Waals surface area contributed by atoms with Crippen LogP contribution in [-0.2, 0) is 22.4 Å². The van der Waals surface area contributed by atoms with E-state index in [0.29, 0.717) is 37.4 Å². The Bertz CT molecular complexity index is 789. The average Bonchev–Trinajstić information content (AvgIpc) is 2.82. The van der Waals surface area contributed by atoms with Crippen molar-refractivity contribution >= 4 is 17.7 Å². The first-order valence-corrected chi connectivity index (χ1v) is 9.44. The van der Waals surface area contributed by atoms with E-state index in [-0.39, 0.29) is 19.2 Å². The van der Waals surface area contributed by atoms with Crippen LogP contribution in [0.5, 0.6) is 5.75 Å². The Morgan fingerprint density at radius 3 is 2.50 bits per heavy atom. The fraction of sp³-hybridized carbons (Fsp3) is 0.600. The van der Waals surface area contributed by atoms with Gasteiger partial charge >= 0.3 is 12.5 Å². The zero-order valence-corrected chi connectivity index (χ0v) is 16.7. The normalized spacial score (nSPS) is 16.8. The van der Waals surface area contributed by atoms with Gasteiger partial charge in [0.2, 0.25) is 0 Å². The largest absolute Gasteiger partial charge is 0.490 e. The fourth-order valence-electron chi connectivity index (χ4n) is 3.72. The molecule has 0 fully saturated rings. The molecule has 8 heteroatoms. The molecule has 0 bridgehead atoms. The minimum atomic E-state index is -3.06. The predicted octanol–water partition coefficient (Wildman–Crippen LogP) is 3.32. The standard InChI is InChI=1S/C20H26F2N2O4/c1-12-14-6-8-23(19(26)28-20(2,3)4)7-5-13(14)11-15-16(12)24(9-10-27-15)18(25)17(21)22/h11,17H,5-10H2,1-4H3. The van der Waals surface area contributed by atoms with Crippen LogP contribution in [0.1, 0.15) is 37.5 Å². The van der Waals surface area contributed by atoms with Gasteiger partial charge in [-0.1, -0.05) is 0 Å². The van der Waals surface area contributed by atoms with E-state index in [1.165, 1.54) is 0 Å². The second kappa shape index (κ2) is 7.56. The van der Waals surface area contributed by atoms with Crippen LogP contribution in [0.25, 0.3) is 0 Å². The van der Waals surface area contributed by atoms with Gasteiger partial charge in [-0.15, -0.1) is 0 Å². The molecule has 6 nitrogen and oxygen atoms in total. The zero-order valence-electron chi connectivity index (χ0n) is 16.7. The quantitative estimate of drug-likeness (QED) is 0.731. The summed E-state index contributed by atoms with van der Waals surface area (Å²) in [5.41, 5.74) is 2.58. The van der Waals surface area contributed by atoms with Crippen LogP contribution >= 0.6 is 0 Å². The second-order valence-corrected chi connectivity index (χ2v) is 8.09. The summed E-state index contributed by atoms with van der Waals surface area (Å²) in [5, 5.41) is 0. The van der Waals surface area contributed by atoms with E-state index in [1.54, 1.807) is 4.90 Å². The van der Waals surface area contributed by atoms with Crippen molar-refractivity contribution in [2.24, 2.45) is 0 Å². The van der Waals surface area contributed by atoms with Crippen LogP contribution in [0.4, 0.5) is 19.3 Å². The van der Waals surface area contributed by atoms with Gasteiger partial charge in [0.25, 0.3) is 5.91 Å². The Morgan fingerprint density at radius 1 is 1.18 bits per heavy atom. The molecule has 0 saturated carbocycles. The first kappa shape index (κ1) is 20.4. The van der Waals surface area contributed by atoms with Crippen molar-refractivity contribution in [1.82, 2.24) is 4.90 Å². The number of hydrogen-bond donors (Lipinski definition) is 0. The molecular weight excluding hydrogens is 370 g/mol. The maximum absolute atomic E-state index is 13.0.